The van der Waals surface area contributed by atoms with Gasteiger partial charge in [0.25, 0.3) is 5.91 Å². The van der Waals surface area contributed by atoms with Gasteiger partial charge in [-0.05, 0) is 38.1 Å². The van der Waals surface area contributed by atoms with Gasteiger partial charge in [-0.1, -0.05) is 12.1 Å². The zero-order chi connectivity index (χ0) is 21.9. The van der Waals surface area contributed by atoms with Gasteiger partial charge in [0.05, 0.1) is 31.6 Å². The summed E-state index contributed by atoms with van der Waals surface area (Å²) >= 11 is 0. The van der Waals surface area contributed by atoms with Crippen LogP contribution in [0.4, 0.5) is 11.4 Å². The highest BCUT2D eigenvalue weighted by atomic mass is 16.5. The standard InChI is InChI=1S/C22H23N3O5/c1-4-29-19-11-10-16(12-20(19)30-5-2)24-14-15(13-23)21(26)25-18-9-7-6-8-17(18)22(27)28-3/h6-12,14,24H,4-5H2,1-3H3,(H,25,26)/b15-14-. The van der Waals surface area contributed by atoms with Crippen LogP contribution < -0.4 is 20.1 Å². The van der Waals surface area contributed by atoms with E-state index in [1.807, 2.05) is 19.9 Å². The molecular weight excluding hydrogens is 386 g/mol. The van der Waals surface area contributed by atoms with Crippen molar-refractivity contribution in [3.05, 3.63) is 59.8 Å². The highest BCUT2D eigenvalue weighted by Crippen LogP contribution is 2.30. The van der Waals surface area contributed by atoms with E-state index >= 15 is 0 Å². The molecule has 0 aliphatic rings. The molecular formula is C22H23N3O5. The maximum atomic E-state index is 12.5. The second kappa shape index (κ2) is 11.1. The summed E-state index contributed by atoms with van der Waals surface area (Å²) in [4.78, 5) is 24.3. The highest BCUT2D eigenvalue weighted by molar-refractivity contribution is 6.09. The summed E-state index contributed by atoms with van der Waals surface area (Å²) in [5, 5.41) is 14.8. The number of para-hydroxylation sites is 1. The van der Waals surface area contributed by atoms with Gasteiger partial charge in [-0.2, -0.15) is 5.26 Å². The molecule has 2 rings (SSSR count). The highest BCUT2D eigenvalue weighted by Gasteiger charge is 2.16. The van der Waals surface area contributed by atoms with Crippen LogP contribution >= 0.6 is 0 Å². The van der Waals surface area contributed by atoms with E-state index in [1.54, 1.807) is 36.4 Å². The van der Waals surface area contributed by atoms with E-state index in [4.69, 9.17) is 14.2 Å². The minimum atomic E-state index is -0.669. The van der Waals surface area contributed by atoms with E-state index < -0.39 is 11.9 Å². The third kappa shape index (κ3) is 5.75. The number of benzene rings is 2. The predicted octanol–water partition coefficient (Wildman–Crippen LogP) is 3.73. The second-order valence-electron chi connectivity index (χ2n) is 5.83. The zero-order valence-electron chi connectivity index (χ0n) is 17.0. The van der Waals surface area contributed by atoms with Crippen LogP contribution in [0.3, 0.4) is 0 Å². The number of esters is 1. The maximum absolute atomic E-state index is 12.5. The van der Waals surface area contributed by atoms with Crippen molar-refractivity contribution in [2.24, 2.45) is 0 Å². The van der Waals surface area contributed by atoms with E-state index in [-0.39, 0.29) is 16.8 Å². The van der Waals surface area contributed by atoms with Gasteiger partial charge in [0.15, 0.2) is 11.5 Å². The first-order valence-electron chi connectivity index (χ1n) is 9.29. The molecule has 0 aliphatic carbocycles. The molecule has 8 nitrogen and oxygen atoms in total. The van der Waals surface area contributed by atoms with Crippen LogP contribution in [0.2, 0.25) is 0 Å². The number of carbonyl (C=O) groups excluding carboxylic acids is 2. The van der Waals surface area contributed by atoms with Gasteiger partial charge in [0.1, 0.15) is 11.6 Å². The van der Waals surface area contributed by atoms with Crippen molar-refractivity contribution in [3.8, 4) is 17.6 Å². The number of nitrogens with one attached hydrogen (secondary N) is 2. The van der Waals surface area contributed by atoms with Gasteiger partial charge in [0, 0.05) is 18.0 Å². The van der Waals surface area contributed by atoms with Crippen LogP contribution in [0.1, 0.15) is 24.2 Å². The summed E-state index contributed by atoms with van der Waals surface area (Å²) in [6.45, 7) is 4.70. The van der Waals surface area contributed by atoms with Gasteiger partial charge >= 0.3 is 5.97 Å². The van der Waals surface area contributed by atoms with Crippen LogP contribution in [0.5, 0.6) is 11.5 Å². The van der Waals surface area contributed by atoms with E-state index in [0.29, 0.717) is 30.4 Å². The number of nitrogens with zero attached hydrogens (tertiary/aromatic N) is 1. The van der Waals surface area contributed by atoms with Crippen molar-refractivity contribution in [1.82, 2.24) is 0 Å². The summed E-state index contributed by atoms with van der Waals surface area (Å²) in [5.41, 5.74) is 0.862. The van der Waals surface area contributed by atoms with Crippen LogP contribution in [0.25, 0.3) is 0 Å². The minimum absolute atomic E-state index is 0.179. The summed E-state index contributed by atoms with van der Waals surface area (Å²) in [6.07, 6.45) is 1.28. The second-order valence-corrected chi connectivity index (χ2v) is 5.83. The summed E-state index contributed by atoms with van der Waals surface area (Å²) in [6, 6.07) is 13.4. The summed E-state index contributed by atoms with van der Waals surface area (Å²) in [5.74, 6) is -0.110. The van der Waals surface area contributed by atoms with Gasteiger partial charge < -0.3 is 24.8 Å². The van der Waals surface area contributed by atoms with E-state index in [2.05, 4.69) is 10.6 Å². The molecule has 8 heteroatoms. The van der Waals surface area contributed by atoms with E-state index in [0.717, 1.165) is 0 Å². The lowest BCUT2D eigenvalue weighted by Crippen LogP contribution is -2.17. The lowest BCUT2D eigenvalue weighted by molar-refractivity contribution is -0.112. The molecule has 0 atom stereocenters. The number of anilines is 2. The Balaban J connectivity index is 2.18. The lowest BCUT2D eigenvalue weighted by Gasteiger charge is -2.12. The fraction of sp³-hybridized carbons (Fsp3) is 0.227. The third-order valence-electron chi connectivity index (χ3n) is 3.87. The zero-order valence-corrected chi connectivity index (χ0v) is 17.0. The number of nitriles is 1. The van der Waals surface area contributed by atoms with Crippen LogP contribution in [-0.2, 0) is 9.53 Å². The molecule has 0 heterocycles. The molecule has 156 valence electrons. The molecule has 0 unspecified atom stereocenters. The molecule has 0 spiro atoms. The number of hydrogen-bond acceptors (Lipinski definition) is 7. The Kier molecular flexibility index (Phi) is 8.27. The van der Waals surface area contributed by atoms with Crippen LogP contribution in [-0.4, -0.2) is 32.2 Å². The third-order valence-corrected chi connectivity index (χ3v) is 3.87. The molecule has 2 aromatic rings. The Morgan fingerprint density at radius 3 is 2.43 bits per heavy atom. The van der Waals surface area contributed by atoms with Gasteiger partial charge in [-0.15, -0.1) is 0 Å². The molecule has 2 aromatic carbocycles. The maximum Gasteiger partial charge on any atom is 0.339 e. The summed E-state index contributed by atoms with van der Waals surface area (Å²) in [7, 11) is 1.25. The number of amides is 1. The smallest absolute Gasteiger partial charge is 0.339 e. The number of carbonyl (C=O) groups is 2. The fourth-order valence-corrected chi connectivity index (χ4v) is 2.51. The first-order chi connectivity index (χ1) is 14.5. The molecule has 30 heavy (non-hydrogen) atoms. The van der Waals surface area contributed by atoms with Crippen molar-refractivity contribution in [2.75, 3.05) is 31.0 Å². The van der Waals surface area contributed by atoms with Gasteiger partial charge in [-0.3, -0.25) is 4.79 Å². The first-order valence-corrected chi connectivity index (χ1v) is 9.29. The Bertz CT molecular complexity index is 979. The van der Waals surface area contributed by atoms with Crippen LogP contribution in [0.15, 0.2) is 54.2 Å². The average Bonchev–Trinajstić information content (AvgIpc) is 2.76. The quantitative estimate of drug-likeness (QED) is 0.369. The normalized spacial score (nSPS) is 10.5. The van der Waals surface area contributed by atoms with Crippen molar-refractivity contribution >= 4 is 23.3 Å². The largest absolute Gasteiger partial charge is 0.490 e. The van der Waals surface area contributed by atoms with Gasteiger partial charge in [-0.25, -0.2) is 4.79 Å². The molecule has 1 amide bonds. The number of rotatable bonds is 9. The Morgan fingerprint density at radius 2 is 1.77 bits per heavy atom. The van der Waals surface area contributed by atoms with Crippen molar-refractivity contribution in [1.29, 1.82) is 5.26 Å². The average molecular weight is 409 g/mol. The van der Waals surface area contributed by atoms with Crippen molar-refractivity contribution in [3.63, 3.8) is 0 Å². The Morgan fingerprint density at radius 1 is 1.07 bits per heavy atom. The lowest BCUT2D eigenvalue weighted by atomic mass is 10.1. The van der Waals surface area contributed by atoms with Crippen LogP contribution in [0, 0.1) is 11.3 Å². The molecule has 0 saturated carbocycles. The fourth-order valence-electron chi connectivity index (χ4n) is 2.51. The topological polar surface area (TPSA) is 110 Å². The predicted molar refractivity (Wildman–Crippen MR) is 113 cm³/mol. The summed E-state index contributed by atoms with van der Waals surface area (Å²) < 4.78 is 15.8. The number of methoxy groups -OCH3 is 1. The molecule has 0 saturated heterocycles. The molecule has 0 aromatic heterocycles. The number of hydrogen-bond donors (Lipinski definition) is 2. The Hall–Kier alpha value is -3.99. The van der Waals surface area contributed by atoms with Crippen molar-refractivity contribution in [2.45, 2.75) is 13.8 Å². The van der Waals surface area contributed by atoms with E-state index in [1.165, 1.54) is 19.4 Å². The van der Waals surface area contributed by atoms with Crippen molar-refractivity contribution < 1.29 is 23.8 Å². The SMILES string of the molecule is CCOc1ccc(N/C=C(/C#N)C(=O)Nc2ccccc2C(=O)OC)cc1OCC. The first kappa shape index (κ1) is 22.3. The van der Waals surface area contributed by atoms with E-state index in [9.17, 15) is 14.9 Å². The molecule has 0 bridgehead atoms. The molecule has 0 aliphatic heterocycles. The van der Waals surface area contributed by atoms with Gasteiger partial charge in [0.2, 0.25) is 0 Å². The molecule has 0 fully saturated rings. The minimum Gasteiger partial charge on any atom is -0.490 e. The molecule has 2 N–H and O–H groups in total. The monoisotopic (exact) mass is 409 g/mol. The molecule has 0 radical (unpaired) electrons. The Labute approximate surface area is 175 Å². The number of ether oxygens (including phenoxy) is 3.